The van der Waals surface area contributed by atoms with E-state index in [0.29, 0.717) is 5.91 Å². The molecule has 140 valence electrons. The van der Waals surface area contributed by atoms with Crippen molar-refractivity contribution in [3.05, 3.63) is 0 Å². The van der Waals surface area contributed by atoms with Gasteiger partial charge >= 0.3 is 0 Å². The Morgan fingerprint density at radius 3 is 2.12 bits per heavy atom. The Kier molecular flexibility index (Phi) is 9.74. The molecule has 0 aliphatic heterocycles. The summed E-state index contributed by atoms with van der Waals surface area (Å²) in [6.07, 6.45) is 15.1. The van der Waals surface area contributed by atoms with Crippen molar-refractivity contribution < 1.29 is 4.79 Å². The quantitative estimate of drug-likeness (QED) is 0.475. The molecule has 4 heteroatoms. The van der Waals surface area contributed by atoms with Crippen LogP contribution in [0.25, 0.3) is 0 Å². The molecule has 0 radical (unpaired) electrons. The zero-order chi connectivity index (χ0) is 17.0. The lowest BCUT2D eigenvalue weighted by Gasteiger charge is -2.19. The van der Waals surface area contributed by atoms with E-state index < -0.39 is 0 Å². The van der Waals surface area contributed by atoms with Crippen LogP contribution in [0.15, 0.2) is 0 Å². The van der Waals surface area contributed by atoms with Crippen molar-refractivity contribution in [2.45, 2.75) is 83.1 Å². The van der Waals surface area contributed by atoms with E-state index in [-0.39, 0.29) is 5.92 Å². The Balaban J connectivity index is 1.43. The first kappa shape index (κ1) is 19.7. The summed E-state index contributed by atoms with van der Waals surface area (Å²) < 4.78 is 0. The van der Waals surface area contributed by atoms with Gasteiger partial charge in [0.2, 0.25) is 5.91 Å². The summed E-state index contributed by atoms with van der Waals surface area (Å²) in [5.74, 6) is 0.590. The third-order valence-corrected chi connectivity index (χ3v) is 5.75. The second-order valence-electron chi connectivity index (χ2n) is 7.93. The molecular formula is C20H39N3O. The first-order valence-electron chi connectivity index (χ1n) is 10.5. The van der Waals surface area contributed by atoms with E-state index >= 15 is 0 Å². The first-order chi connectivity index (χ1) is 11.8. The van der Waals surface area contributed by atoms with E-state index in [2.05, 4.69) is 22.6 Å². The van der Waals surface area contributed by atoms with Crippen LogP contribution in [0, 0.1) is 5.92 Å². The van der Waals surface area contributed by atoms with Crippen molar-refractivity contribution in [3.63, 3.8) is 0 Å². The lowest BCUT2D eigenvalue weighted by Crippen LogP contribution is -2.33. The van der Waals surface area contributed by atoms with Crippen LogP contribution in [-0.2, 0) is 4.79 Å². The maximum absolute atomic E-state index is 12.2. The maximum atomic E-state index is 12.2. The molecule has 2 saturated carbocycles. The van der Waals surface area contributed by atoms with Gasteiger partial charge in [-0.05, 0) is 65.2 Å². The average molecular weight is 338 g/mol. The van der Waals surface area contributed by atoms with Crippen LogP contribution in [0.4, 0.5) is 0 Å². The molecule has 2 fully saturated rings. The Hall–Kier alpha value is -0.610. The fraction of sp³-hybridized carbons (Fsp3) is 0.950. The third kappa shape index (κ3) is 7.98. The van der Waals surface area contributed by atoms with Gasteiger partial charge in [-0.25, -0.2) is 0 Å². The van der Waals surface area contributed by atoms with Gasteiger partial charge in [0.05, 0.1) is 0 Å². The summed E-state index contributed by atoms with van der Waals surface area (Å²) in [6, 6.07) is 0.787. The number of carbonyl (C=O) groups is 1. The normalized spacial score (nSPS) is 20.4. The van der Waals surface area contributed by atoms with Gasteiger partial charge in [-0.1, -0.05) is 38.5 Å². The zero-order valence-electron chi connectivity index (χ0n) is 15.8. The number of nitrogens with zero attached hydrogens (tertiary/aromatic N) is 1. The maximum Gasteiger partial charge on any atom is 0.223 e. The van der Waals surface area contributed by atoms with Gasteiger partial charge in [-0.2, -0.15) is 0 Å². The van der Waals surface area contributed by atoms with E-state index in [1.54, 1.807) is 0 Å². The average Bonchev–Trinajstić information content (AvgIpc) is 2.95. The summed E-state index contributed by atoms with van der Waals surface area (Å²) in [7, 11) is 2.20. The van der Waals surface area contributed by atoms with Crippen molar-refractivity contribution in [2.75, 3.05) is 33.2 Å². The van der Waals surface area contributed by atoms with Gasteiger partial charge in [-0.15, -0.1) is 0 Å². The van der Waals surface area contributed by atoms with Gasteiger partial charge in [0, 0.05) is 18.5 Å². The predicted molar refractivity (Wildman–Crippen MR) is 101 cm³/mol. The zero-order valence-corrected chi connectivity index (χ0v) is 15.8. The van der Waals surface area contributed by atoms with Crippen LogP contribution in [0.1, 0.15) is 77.0 Å². The number of rotatable bonds is 10. The van der Waals surface area contributed by atoms with Crippen LogP contribution in [0.2, 0.25) is 0 Å². The summed E-state index contributed by atoms with van der Waals surface area (Å²) in [6.45, 7) is 4.21. The number of hydrogen-bond donors (Lipinski definition) is 2. The highest BCUT2D eigenvalue weighted by molar-refractivity contribution is 5.78. The largest absolute Gasteiger partial charge is 0.356 e. The van der Waals surface area contributed by atoms with Gasteiger partial charge in [0.25, 0.3) is 0 Å². The molecule has 1 amide bonds. The minimum atomic E-state index is 0.284. The molecule has 2 aliphatic carbocycles. The molecule has 0 aromatic rings. The van der Waals surface area contributed by atoms with Crippen LogP contribution in [0.5, 0.6) is 0 Å². The molecule has 2 N–H and O–H groups in total. The van der Waals surface area contributed by atoms with Crippen LogP contribution in [0.3, 0.4) is 0 Å². The molecule has 2 aliphatic rings. The van der Waals surface area contributed by atoms with Crippen molar-refractivity contribution in [1.29, 1.82) is 0 Å². The third-order valence-electron chi connectivity index (χ3n) is 5.75. The lowest BCUT2D eigenvalue weighted by atomic mass is 9.99. The Bertz CT molecular complexity index is 334. The Morgan fingerprint density at radius 1 is 0.875 bits per heavy atom. The number of nitrogens with one attached hydrogen (secondary N) is 2. The second-order valence-corrected chi connectivity index (χ2v) is 7.93. The molecule has 0 aromatic heterocycles. The van der Waals surface area contributed by atoms with Gasteiger partial charge in [0.1, 0.15) is 0 Å². The number of amides is 1. The molecule has 0 unspecified atom stereocenters. The van der Waals surface area contributed by atoms with Gasteiger partial charge in [0.15, 0.2) is 0 Å². The summed E-state index contributed by atoms with van der Waals surface area (Å²) in [5, 5.41) is 6.84. The van der Waals surface area contributed by atoms with Crippen molar-refractivity contribution in [1.82, 2.24) is 15.5 Å². The summed E-state index contributed by atoms with van der Waals surface area (Å²) in [4.78, 5) is 14.6. The van der Waals surface area contributed by atoms with Crippen LogP contribution < -0.4 is 10.6 Å². The Labute approximate surface area is 149 Å². The molecule has 0 saturated heterocycles. The minimum absolute atomic E-state index is 0.284. The van der Waals surface area contributed by atoms with E-state index in [1.807, 2.05) is 0 Å². The van der Waals surface area contributed by atoms with Crippen molar-refractivity contribution >= 4 is 5.91 Å². The van der Waals surface area contributed by atoms with E-state index in [4.69, 9.17) is 0 Å². The molecule has 0 heterocycles. The Morgan fingerprint density at radius 2 is 1.46 bits per heavy atom. The van der Waals surface area contributed by atoms with Gasteiger partial charge in [-0.3, -0.25) is 4.79 Å². The molecular weight excluding hydrogens is 298 g/mol. The van der Waals surface area contributed by atoms with E-state index in [0.717, 1.165) is 51.5 Å². The summed E-state index contributed by atoms with van der Waals surface area (Å²) in [5.41, 5.74) is 0. The van der Waals surface area contributed by atoms with Crippen molar-refractivity contribution in [3.8, 4) is 0 Å². The minimum Gasteiger partial charge on any atom is -0.356 e. The molecule has 0 spiro atoms. The fourth-order valence-corrected chi connectivity index (χ4v) is 4.14. The number of hydrogen-bond acceptors (Lipinski definition) is 3. The molecule has 0 atom stereocenters. The lowest BCUT2D eigenvalue weighted by molar-refractivity contribution is -0.125. The molecule has 4 nitrogen and oxygen atoms in total. The predicted octanol–water partition coefficient (Wildman–Crippen LogP) is 3.32. The monoisotopic (exact) mass is 337 g/mol. The van der Waals surface area contributed by atoms with Crippen molar-refractivity contribution in [2.24, 2.45) is 5.92 Å². The first-order valence-corrected chi connectivity index (χ1v) is 10.5. The van der Waals surface area contributed by atoms with Gasteiger partial charge < -0.3 is 15.5 Å². The second kappa shape index (κ2) is 11.9. The number of carbonyl (C=O) groups excluding carboxylic acids is 1. The van der Waals surface area contributed by atoms with E-state index in [9.17, 15) is 4.79 Å². The highest BCUT2D eigenvalue weighted by Gasteiger charge is 2.19. The standard InChI is InChI=1S/C20H39N3O/c1-23(16-8-14-21-19-12-6-7-13-19)17-9-15-22-20(24)18-10-4-2-3-5-11-18/h18-19,21H,2-17H2,1H3,(H,22,24). The topological polar surface area (TPSA) is 44.4 Å². The molecule has 24 heavy (non-hydrogen) atoms. The summed E-state index contributed by atoms with van der Waals surface area (Å²) >= 11 is 0. The van der Waals surface area contributed by atoms with Crippen LogP contribution in [-0.4, -0.2) is 50.1 Å². The van der Waals surface area contributed by atoms with E-state index in [1.165, 1.54) is 57.8 Å². The van der Waals surface area contributed by atoms with Crippen LogP contribution >= 0.6 is 0 Å². The smallest absolute Gasteiger partial charge is 0.223 e. The molecule has 2 rings (SSSR count). The molecule has 0 bridgehead atoms. The SMILES string of the molecule is CN(CCCNC(=O)C1CCCCCC1)CCCNC1CCCC1. The molecule has 0 aromatic carbocycles. The fourth-order valence-electron chi connectivity index (χ4n) is 4.14. The highest BCUT2D eigenvalue weighted by atomic mass is 16.1. The highest BCUT2D eigenvalue weighted by Crippen LogP contribution is 2.22.